The molecule has 3 aromatic rings. The second-order valence-corrected chi connectivity index (χ2v) is 7.82. The fraction of sp³-hybridized carbons (Fsp3) is 0.176. The summed E-state index contributed by atoms with van der Waals surface area (Å²) >= 11 is 3.33. The van der Waals surface area contributed by atoms with Crippen molar-refractivity contribution < 1.29 is 8.42 Å². The second kappa shape index (κ2) is 7.37. The number of halogens is 1. The molecule has 0 bridgehead atoms. The molecule has 0 spiro atoms. The summed E-state index contributed by atoms with van der Waals surface area (Å²) in [4.78, 5) is 4.26. The maximum Gasteiger partial charge on any atom is 0.299 e. The van der Waals surface area contributed by atoms with Gasteiger partial charge in [0.05, 0.1) is 11.4 Å². The molecular formula is C17H17BrN4O2S. The Hall–Kier alpha value is -2.19. The number of rotatable bonds is 6. The third-order valence-electron chi connectivity index (χ3n) is 3.49. The Labute approximate surface area is 155 Å². The van der Waals surface area contributed by atoms with Crippen molar-refractivity contribution in [2.45, 2.75) is 24.9 Å². The van der Waals surface area contributed by atoms with E-state index in [2.05, 4.69) is 30.7 Å². The first-order valence-corrected chi connectivity index (χ1v) is 10.1. The molecule has 6 nitrogen and oxygen atoms in total. The van der Waals surface area contributed by atoms with Crippen LogP contribution in [0.1, 0.15) is 19.2 Å². The largest absolute Gasteiger partial charge is 0.299 e. The molecule has 0 amide bonds. The van der Waals surface area contributed by atoms with Gasteiger partial charge in [0.2, 0.25) is 0 Å². The van der Waals surface area contributed by atoms with E-state index in [-0.39, 0.29) is 5.16 Å². The zero-order chi connectivity index (χ0) is 17.9. The third-order valence-corrected chi connectivity index (χ3v) is 5.32. The van der Waals surface area contributed by atoms with E-state index in [4.69, 9.17) is 0 Å². The van der Waals surface area contributed by atoms with Gasteiger partial charge in [-0.1, -0.05) is 37.3 Å². The summed E-state index contributed by atoms with van der Waals surface area (Å²) in [7, 11) is -3.89. The Kier molecular flexibility index (Phi) is 5.19. The van der Waals surface area contributed by atoms with Crippen molar-refractivity contribution in [2.24, 2.45) is 0 Å². The Balaban J connectivity index is 2.01. The monoisotopic (exact) mass is 420 g/mol. The highest BCUT2D eigenvalue weighted by molar-refractivity contribution is 9.10. The molecule has 0 aliphatic rings. The number of hydrogen-bond donors (Lipinski definition) is 1. The van der Waals surface area contributed by atoms with Crippen LogP contribution in [-0.4, -0.2) is 23.2 Å². The van der Waals surface area contributed by atoms with Gasteiger partial charge in [0.25, 0.3) is 15.2 Å². The van der Waals surface area contributed by atoms with Crippen LogP contribution < -0.4 is 4.72 Å². The average molecular weight is 421 g/mol. The van der Waals surface area contributed by atoms with Gasteiger partial charge in [-0.3, -0.25) is 4.72 Å². The smallest absolute Gasteiger partial charge is 0.276 e. The van der Waals surface area contributed by atoms with Crippen LogP contribution in [0.4, 0.5) is 5.69 Å². The van der Waals surface area contributed by atoms with Crippen molar-refractivity contribution in [2.75, 3.05) is 4.72 Å². The number of anilines is 1. The number of benzene rings is 2. The molecule has 0 fully saturated rings. The lowest BCUT2D eigenvalue weighted by atomic mass is 10.3. The van der Waals surface area contributed by atoms with Gasteiger partial charge in [-0.15, -0.1) is 5.10 Å². The summed E-state index contributed by atoms with van der Waals surface area (Å²) in [5.41, 5.74) is 1.22. The Bertz CT molecular complexity index is 971. The standard InChI is InChI=1S/C17H17BrN4O2S/c1-2-8-16-19-17(20-22(16)13-9-4-3-5-10-13)25(23,24)21-15-12-7-6-11-14(15)18/h3-7,9-12,21H,2,8H2,1H3. The number of sulfonamides is 1. The zero-order valence-corrected chi connectivity index (χ0v) is 16.0. The Morgan fingerprint density at radius 3 is 2.44 bits per heavy atom. The van der Waals surface area contributed by atoms with E-state index in [1.807, 2.05) is 43.3 Å². The number of hydrogen-bond acceptors (Lipinski definition) is 4. The van der Waals surface area contributed by atoms with Crippen molar-refractivity contribution >= 4 is 31.6 Å². The minimum atomic E-state index is -3.89. The topological polar surface area (TPSA) is 76.9 Å². The van der Waals surface area contributed by atoms with E-state index in [0.29, 0.717) is 22.4 Å². The summed E-state index contributed by atoms with van der Waals surface area (Å²) < 4.78 is 30.1. The normalized spacial score (nSPS) is 11.4. The number of nitrogens with zero attached hydrogens (tertiary/aromatic N) is 3. The van der Waals surface area contributed by atoms with Gasteiger partial charge in [0.15, 0.2) is 0 Å². The Morgan fingerprint density at radius 1 is 1.08 bits per heavy atom. The van der Waals surface area contributed by atoms with Crippen molar-refractivity contribution in [3.05, 3.63) is 64.9 Å². The lowest BCUT2D eigenvalue weighted by molar-refractivity contribution is 0.591. The second-order valence-electron chi connectivity index (χ2n) is 5.39. The van der Waals surface area contributed by atoms with Gasteiger partial charge in [-0.05, 0) is 46.6 Å². The lowest BCUT2D eigenvalue weighted by Gasteiger charge is -2.06. The van der Waals surface area contributed by atoms with Gasteiger partial charge >= 0.3 is 0 Å². The fourth-order valence-corrected chi connectivity index (χ4v) is 3.82. The molecule has 0 aliphatic heterocycles. The summed E-state index contributed by atoms with van der Waals surface area (Å²) in [6.45, 7) is 2.01. The van der Waals surface area contributed by atoms with Crippen LogP contribution >= 0.6 is 15.9 Å². The maximum atomic E-state index is 12.7. The number of aromatic nitrogens is 3. The van der Waals surface area contributed by atoms with E-state index in [0.717, 1.165) is 12.1 Å². The highest BCUT2D eigenvalue weighted by Crippen LogP contribution is 2.24. The van der Waals surface area contributed by atoms with Gasteiger partial charge < -0.3 is 0 Å². The number of aryl methyl sites for hydroxylation is 1. The molecule has 1 heterocycles. The summed E-state index contributed by atoms with van der Waals surface area (Å²) in [5.74, 6) is 0.612. The molecule has 0 radical (unpaired) electrons. The summed E-state index contributed by atoms with van der Waals surface area (Å²) in [5, 5.41) is 4.00. The molecule has 0 atom stereocenters. The third kappa shape index (κ3) is 3.91. The van der Waals surface area contributed by atoms with Gasteiger partial charge in [0.1, 0.15) is 5.82 Å². The molecule has 2 aromatic carbocycles. The zero-order valence-electron chi connectivity index (χ0n) is 13.6. The fourth-order valence-electron chi connectivity index (χ4n) is 2.33. The van der Waals surface area contributed by atoms with Crippen molar-refractivity contribution in [1.29, 1.82) is 0 Å². The van der Waals surface area contributed by atoms with Gasteiger partial charge in [-0.2, -0.15) is 8.42 Å². The van der Waals surface area contributed by atoms with Crippen LogP contribution in [0, 0.1) is 0 Å². The lowest BCUT2D eigenvalue weighted by Crippen LogP contribution is -2.15. The molecule has 0 saturated carbocycles. The first-order valence-electron chi connectivity index (χ1n) is 7.80. The molecule has 25 heavy (non-hydrogen) atoms. The van der Waals surface area contributed by atoms with Crippen molar-refractivity contribution in [1.82, 2.24) is 14.8 Å². The molecule has 1 aromatic heterocycles. The summed E-state index contributed by atoms with van der Waals surface area (Å²) in [6, 6.07) is 16.4. The Morgan fingerprint density at radius 2 is 1.76 bits per heavy atom. The van der Waals surface area contributed by atoms with Crippen LogP contribution in [0.15, 0.2) is 64.2 Å². The predicted octanol–water partition coefficient (Wildman–Crippen LogP) is 3.78. The van der Waals surface area contributed by atoms with Crippen LogP contribution in [0.2, 0.25) is 0 Å². The van der Waals surface area contributed by atoms with Crippen LogP contribution in [0.25, 0.3) is 5.69 Å². The van der Waals surface area contributed by atoms with Crippen molar-refractivity contribution in [3.8, 4) is 5.69 Å². The van der Waals surface area contributed by atoms with Crippen LogP contribution in [0.5, 0.6) is 0 Å². The predicted molar refractivity (Wildman–Crippen MR) is 100 cm³/mol. The first kappa shape index (κ1) is 17.6. The van der Waals surface area contributed by atoms with E-state index in [1.165, 1.54) is 0 Å². The molecule has 130 valence electrons. The summed E-state index contributed by atoms with van der Waals surface area (Å²) in [6.07, 6.45) is 1.47. The molecular weight excluding hydrogens is 404 g/mol. The quantitative estimate of drug-likeness (QED) is 0.657. The van der Waals surface area contributed by atoms with E-state index < -0.39 is 10.0 Å². The molecule has 1 N–H and O–H groups in total. The van der Waals surface area contributed by atoms with E-state index in [1.54, 1.807) is 22.9 Å². The minimum Gasteiger partial charge on any atom is -0.276 e. The van der Waals surface area contributed by atoms with Crippen molar-refractivity contribution in [3.63, 3.8) is 0 Å². The first-order chi connectivity index (χ1) is 12.0. The highest BCUT2D eigenvalue weighted by Gasteiger charge is 2.23. The molecule has 0 unspecified atom stereocenters. The maximum absolute atomic E-state index is 12.7. The van der Waals surface area contributed by atoms with Gasteiger partial charge in [0, 0.05) is 10.9 Å². The van der Waals surface area contributed by atoms with E-state index >= 15 is 0 Å². The SMILES string of the molecule is CCCc1nc(S(=O)(=O)Nc2ccccc2Br)nn1-c1ccccc1. The molecule has 0 aliphatic carbocycles. The van der Waals surface area contributed by atoms with Crippen LogP contribution in [0.3, 0.4) is 0 Å². The molecule has 0 saturated heterocycles. The van der Waals surface area contributed by atoms with Crippen LogP contribution in [-0.2, 0) is 16.4 Å². The number of nitrogens with one attached hydrogen (secondary N) is 1. The van der Waals surface area contributed by atoms with Gasteiger partial charge in [-0.25, -0.2) is 9.67 Å². The minimum absolute atomic E-state index is 0.240. The van der Waals surface area contributed by atoms with E-state index in [9.17, 15) is 8.42 Å². The molecule has 8 heteroatoms. The number of para-hydroxylation sites is 2. The average Bonchev–Trinajstić information content (AvgIpc) is 3.03. The molecule has 3 rings (SSSR count). The highest BCUT2D eigenvalue weighted by atomic mass is 79.9.